The van der Waals surface area contributed by atoms with Crippen LogP contribution < -0.4 is 5.73 Å². The van der Waals surface area contributed by atoms with Gasteiger partial charge in [0.25, 0.3) is 0 Å². The third kappa shape index (κ3) is 6.14. The van der Waals surface area contributed by atoms with Crippen molar-refractivity contribution in [3.8, 4) is 0 Å². The first-order chi connectivity index (χ1) is 6.02. The van der Waals surface area contributed by atoms with Gasteiger partial charge in [-0.15, -0.1) is 0 Å². The van der Waals surface area contributed by atoms with Crippen molar-refractivity contribution in [2.45, 2.75) is 60.4 Å². The first-order valence-electron chi connectivity index (χ1n) is 5.31. The van der Waals surface area contributed by atoms with Crippen LogP contribution in [0, 0.1) is 10.8 Å². The molecule has 2 N–H and O–H groups in total. The highest BCUT2D eigenvalue weighted by Gasteiger charge is 2.25. The number of hydrogen-bond acceptors (Lipinski definition) is 2. The number of nitrogens with two attached hydrogens (primary N) is 1. The van der Waals surface area contributed by atoms with Crippen LogP contribution in [0.2, 0.25) is 0 Å². The third-order valence-corrected chi connectivity index (χ3v) is 2.16. The molecule has 0 bridgehead atoms. The van der Waals surface area contributed by atoms with Crippen LogP contribution in [-0.4, -0.2) is 11.8 Å². The van der Waals surface area contributed by atoms with Gasteiger partial charge in [-0.25, -0.2) is 0 Å². The fraction of sp³-hybridized carbons (Fsp3) is 0.917. The van der Waals surface area contributed by atoms with Crippen molar-refractivity contribution in [2.75, 3.05) is 0 Å². The Kier molecular flexibility index (Phi) is 4.32. The Morgan fingerprint density at radius 2 is 1.57 bits per heavy atom. The van der Waals surface area contributed by atoms with Gasteiger partial charge in [-0.3, -0.25) is 4.79 Å². The molecule has 0 heterocycles. The van der Waals surface area contributed by atoms with E-state index in [1.54, 1.807) is 0 Å². The van der Waals surface area contributed by atoms with Crippen LogP contribution in [0.15, 0.2) is 0 Å². The Hall–Kier alpha value is -0.370. The van der Waals surface area contributed by atoms with Crippen LogP contribution in [0.4, 0.5) is 0 Å². The van der Waals surface area contributed by atoms with Crippen LogP contribution in [0.5, 0.6) is 0 Å². The molecule has 0 aromatic rings. The van der Waals surface area contributed by atoms with E-state index in [1.807, 2.05) is 20.8 Å². The van der Waals surface area contributed by atoms with Crippen molar-refractivity contribution in [2.24, 2.45) is 16.6 Å². The predicted molar refractivity (Wildman–Crippen MR) is 61.1 cm³/mol. The molecule has 0 spiro atoms. The number of ketones is 1. The molecular weight excluding hydrogens is 174 g/mol. The topological polar surface area (TPSA) is 43.1 Å². The fourth-order valence-corrected chi connectivity index (χ4v) is 1.40. The highest BCUT2D eigenvalue weighted by molar-refractivity contribution is 5.84. The molecule has 0 aliphatic rings. The molecule has 1 unspecified atom stereocenters. The van der Waals surface area contributed by atoms with E-state index in [0.717, 1.165) is 6.42 Å². The maximum atomic E-state index is 11.7. The zero-order chi connectivity index (χ0) is 11.6. The summed E-state index contributed by atoms with van der Waals surface area (Å²) < 4.78 is 0. The molecule has 0 radical (unpaired) electrons. The molecule has 0 saturated heterocycles. The lowest BCUT2D eigenvalue weighted by molar-refractivity contribution is -0.126. The summed E-state index contributed by atoms with van der Waals surface area (Å²) in [6.07, 6.45) is 1.40. The Labute approximate surface area is 88.3 Å². The van der Waals surface area contributed by atoms with Crippen molar-refractivity contribution < 1.29 is 4.79 Å². The van der Waals surface area contributed by atoms with E-state index in [1.165, 1.54) is 0 Å². The van der Waals surface area contributed by atoms with Crippen molar-refractivity contribution in [1.29, 1.82) is 0 Å². The largest absolute Gasteiger partial charge is 0.327 e. The smallest absolute Gasteiger partial charge is 0.139 e. The number of hydrogen-bond donors (Lipinski definition) is 1. The maximum absolute atomic E-state index is 11.7. The molecule has 2 nitrogen and oxygen atoms in total. The Bertz CT molecular complexity index is 195. The van der Waals surface area contributed by atoms with Crippen molar-refractivity contribution in [1.82, 2.24) is 0 Å². The van der Waals surface area contributed by atoms with Gasteiger partial charge in [-0.2, -0.15) is 0 Å². The van der Waals surface area contributed by atoms with E-state index < -0.39 is 0 Å². The molecule has 14 heavy (non-hydrogen) atoms. The van der Waals surface area contributed by atoms with Crippen molar-refractivity contribution in [3.63, 3.8) is 0 Å². The van der Waals surface area contributed by atoms with Gasteiger partial charge in [0.15, 0.2) is 0 Å². The second kappa shape index (κ2) is 4.43. The summed E-state index contributed by atoms with van der Waals surface area (Å²) >= 11 is 0. The molecule has 84 valence electrons. The lowest BCUT2D eigenvalue weighted by Crippen LogP contribution is -2.33. The van der Waals surface area contributed by atoms with E-state index in [4.69, 9.17) is 5.73 Å². The SMILES string of the molecule is CC(C)(C)CC(N)CC(=O)C(C)(C)C. The van der Waals surface area contributed by atoms with Gasteiger partial charge < -0.3 is 5.73 Å². The Morgan fingerprint density at radius 3 is 1.86 bits per heavy atom. The minimum absolute atomic E-state index is 0.00160. The fourth-order valence-electron chi connectivity index (χ4n) is 1.40. The zero-order valence-electron chi connectivity index (χ0n) is 10.5. The monoisotopic (exact) mass is 199 g/mol. The summed E-state index contributed by atoms with van der Waals surface area (Å²) in [5.41, 5.74) is 5.89. The average molecular weight is 199 g/mol. The van der Waals surface area contributed by atoms with E-state index >= 15 is 0 Å². The molecule has 0 aromatic heterocycles. The molecule has 0 aliphatic carbocycles. The molecule has 0 saturated carbocycles. The summed E-state index contributed by atoms with van der Waals surface area (Å²) in [6.45, 7) is 12.3. The summed E-state index contributed by atoms with van der Waals surface area (Å²) in [4.78, 5) is 11.7. The summed E-state index contributed by atoms with van der Waals surface area (Å²) in [5.74, 6) is 0.259. The molecule has 0 amide bonds. The van der Waals surface area contributed by atoms with E-state index in [2.05, 4.69) is 20.8 Å². The van der Waals surface area contributed by atoms with E-state index in [9.17, 15) is 4.79 Å². The first-order valence-corrected chi connectivity index (χ1v) is 5.31. The predicted octanol–water partition coefficient (Wildman–Crippen LogP) is 2.76. The lowest BCUT2D eigenvalue weighted by atomic mass is 9.82. The quantitative estimate of drug-likeness (QED) is 0.759. The molecule has 1 atom stereocenters. The van der Waals surface area contributed by atoms with Gasteiger partial charge in [0.1, 0.15) is 5.78 Å². The Balaban J connectivity index is 4.09. The highest BCUT2D eigenvalue weighted by atomic mass is 16.1. The second-order valence-corrected chi connectivity index (χ2v) is 6.40. The van der Waals surface area contributed by atoms with E-state index in [-0.39, 0.29) is 22.7 Å². The molecule has 0 aromatic carbocycles. The van der Waals surface area contributed by atoms with Crippen LogP contribution >= 0.6 is 0 Å². The lowest BCUT2D eigenvalue weighted by Gasteiger charge is -2.25. The number of rotatable bonds is 3. The number of carbonyl (C=O) groups is 1. The summed E-state index contributed by atoms with van der Waals surface area (Å²) in [5, 5.41) is 0. The molecular formula is C12H25NO. The molecule has 0 aliphatic heterocycles. The van der Waals surface area contributed by atoms with Crippen LogP contribution in [0.1, 0.15) is 54.4 Å². The normalized spacial score (nSPS) is 15.4. The average Bonchev–Trinajstić information content (AvgIpc) is 1.79. The first kappa shape index (κ1) is 13.6. The van der Waals surface area contributed by atoms with Crippen LogP contribution in [0.25, 0.3) is 0 Å². The molecule has 2 heteroatoms. The highest BCUT2D eigenvalue weighted by Crippen LogP contribution is 2.24. The van der Waals surface area contributed by atoms with E-state index in [0.29, 0.717) is 6.42 Å². The van der Waals surface area contributed by atoms with Gasteiger partial charge in [0.05, 0.1) is 0 Å². The minimum atomic E-state index is -0.254. The third-order valence-electron chi connectivity index (χ3n) is 2.16. The van der Waals surface area contributed by atoms with Gasteiger partial charge in [0, 0.05) is 17.9 Å². The molecule has 0 rings (SSSR count). The van der Waals surface area contributed by atoms with Crippen molar-refractivity contribution in [3.05, 3.63) is 0 Å². The Morgan fingerprint density at radius 1 is 1.14 bits per heavy atom. The van der Waals surface area contributed by atoms with Crippen molar-refractivity contribution >= 4 is 5.78 Å². The van der Waals surface area contributed by atoms with Crippen LogP contribution in [-0.2, 0) is 4.79 Å². The number of carbonyl (C=O) groups excluding carboxylic acids is 1. The number of Topliss-reactive ketones (excluding diaryl/α,β-unsaturated/α-hetero) is 1. The van der Waals surface area contributed by atoms with Gasteiger partial charge in [0.2, 0.25) is 0 Å². The maximum Gasteiger partial charge on any atom is 0.139 e. The summed E-state index contributed by atoms with van der Waals surface area (Å²) in [7, 11) is 0. The molecule has 0 fully saturated rings. The van der Waals surface area contributed by atoms with Crippen LogP contribution in [0.3, 0.4) is 0 Å². The zero-order valence-corrected chi connectivity index (χ0v) is 10.5. The van der Waals surface area contributed by atoms with Gasteiger partial charge >= 0.3 is 0 Å². The second-order valence-electron chi connectivity index (χ2n) is 6.40. The van der Waals surface area contributed by atoms with Gasteiger partial charge in [-0.1, -0.05) is 41.5 Å². The summed E-state index contributed by atoms with van der Waals surface area (Å²) in [6, 6.07) is 0.00160. The standard InChI is InChI=1S/C12H25NO/c1-11(2,3)8-9(13)7-10(14)12(4,5)6/h9H,7-8,13H2,1-6H3. The van der Waals surface area contributed by atoms with Gasteiger partial charge in [-0.05, 0) is 11.8 Å². The minimum Gasteiger partial charge on any atom is -0.327 e.